The van der Waals surface area contributed by atoms with E-state index in [4.69, 9.17) is 16.1 Å². The molecule has 0 radical (unpaired) electrons. The molecule has 1 aromatic heterocycles. The Morgan fingerprint density at radius 3 is 2.39 bits per heavy atom. The fraction of sp³-hybridized carbons (Fsp3) is 0.182. The van der Waals surface area contributed by atoms with E-state index in [-0.39, 0.29) is 11.6 Å². The second-order valence-electron chi connectivity index (χ2n) is 3.39. The maximum absolute atomic E-state index is 11.9. The molecule has 0 N–H and O–H groups in total. The van der Waals surface area contributed by atoms with Gasteiger partial charge in [0, 0.05) is 11.6 Å². The lowest BCUT2D eigenvalue weighted by Gasteiger charge is -2.08. The van der Waals surface area contributed by atoms with Crippen molar-refractivity contribution in [2.45, 2.75) is 12.2 Å². The van der Waals surface area contributed by atoms with Crippen LogP contribution < -0.4 is 4.74 Å². The molecule has 3 nitrogen and oxygen atoms in total. The smallest absolute Gasteiger partial charge is 0.406 e. The van der Waals surface area contributed by atoms with Crippen molar-refractivity contribution in [3.05, 3.63) is 36.0 Å². The zero-order valence-electron chi connectivity index (χ0n) is 8.87. The molecule has 2 rings (SSSR count). The van der Waals surface area contributed by atoms with Crippen LogP contribution in [0.25, 0.3) is 11.3 Å². The predicted molar refractivity (Wildman–Crippen MR) is 58.2 cm³/mol. The van der Waals surface area contributed by atoms with Crippen molar-refractivity contribution >= 4 is 11.6 Å². The molecule has 0 atom stereocenters. The van der Waals surface area contributed by atoms with Gasteiger partial charge >= 0.3 is 6.36 Å². The fourth-order valence-electron chi connectivity index (χ4n) is 1.33. The molecule has 0 fully saturated rings. The maximum Gasteiger partial charge on any atom is 0.573 e. The molecular formula is C11H7ClF3NO2. The van der Waals surface area contributed by atoms with Gasteiger partial charge in [0.2, 0.25) is 0 Å². The Morgan fingerprint density at radius 2 is 1.89 bits per heavy atom. The van der Waals surface area contributed by atoms with Crippen LogP contribution in [0.15, 0.2) is 34.9 Å². The van der Waals surface area contributed by atoms with Crippen LogP contribution in [0.2, 0.25) is 0 Å². The lowest BCUT2D eigenvalue weighted by molar-refractivity contribution is -0.274. The second kappa shape index (κ2) is 4.89. The molecule has 0 spiro atoms. The first-order valence-electron chi connectivity index (χ1n) is 4.86. The van der Waals surface area contributed by atoms with E-state index in [1.54, 1.807) is 6.07 Å². The molecule has 0 aliphatic rings. The Bertz CT molecular complexity index is 522. The van der Waals surface area contributed by atoms with E-state index >= 15 is 0 Å². The summed E-state index contributed by atoms with van der Waals surface area (Å²) in [5.74, 6) is 0.353. The van der Waals surface area contributed by atoms with Crippen molar-refractivity contribution in [1.29, 1.82) is 0 Å². The zero-order valence-corrected chi connectivity index (χ0v) is 9.63. The molecule has 0 aliphatic heterocycles. The summed E-state index contributed by atoms with van der Waals surface area (Å²) in [6.07, 6.45) is -4.69. The Hall–Kier alpha value is -1.69. The lowest BCUT2D eigenvalue weighted by Crippen LogP contribution is -2.16. The summed E-state index contributed by atoms with van der Waals surface area (Å²) in [7, 11) is 0. The molecule has 0 bridgehead atoms. The van der Waals surface area contributed by atoms with E-state index in [1.807, 2.05) is 0 Å². The molecule has 1 heterocycles. The highest BCUT2D eigenvalue weighted by molar-refractivity contribution is 6.16. The van der Waals surface area contributed by atoms with Crippen molar-refractivity contribution in [3.63, 3.8) is 0 Å². The van der Waals surface area contributed by atoms with Gasteiger partial charge in [0.25, 0.3) is 0 Å². The number of hydrogen-bond acceptors (Lipinski definition) is 3. The number of aromatic nitrogens is 1. The minimum atomic E-state index is -4.69. The van der Waals surface area contributed by atoms with Crippen LogP contribution in [0, 0.1) is 0 Å². The van der Waals surface area contributed by atoms with Gasteiger partial charge in [0.05, 0.1) is 11.6 Å². The predicted octanol–water partition coefficient (Wildman–Crippen LogP) is 3.98. The van der Waals surface area contributed by atoms with Crippen molar-refractivity contribution < 1.29 is 22.4 Å². The number of halogens is 4. The topological polar surface area (TPSA) is 35.3 Å². The number of hydrogen-bond donors (Lipinski definition) is 0. The van der Waals surface area contributed by atoms with Crippen LogP contribution in [0.5, 0.6) is 5.75 Å². The Kier molecular flexibility index (Phi) is 3.47. The zero-order chi connectivity index (χ0) is 13.2. The number of ether oxygens (including phenoxy) is 1. The monoisotopic (exact) mass is 277 g/mol. The number of alkyl halides is 4. The maximum atomic E-state index is 11.9. The average Bonchev–Trinajstić information content (AvgIpc) is 2.76. The summed E-state index contributed by atoms with van der Waals surface area (Å²) in [6, 6.07) is 6.91. The van der Waals surface area contributed by atoms with Gasteiger partial charge in [-0.15, -0.1) is 24.8 Å². The minimum Gasteiger partial charge on any atom is -0.406 e. The number of benzene rings is 1. The molecule has 0 amide bonds. The summed E-state index contributed by atoms with van der Waals surface area (Å²) in [4.78, 5) is 0. The summed E-state index contributed by atoms with van der Waals surface area (Å²) in [6.45, 7) is 0. The van der Waals surface area contributed by atoms with Crippen molar-refractivity contribution in [2.24, 2.45) is 0 Å². The summed E-state index contributed by atoms with van der Waals surface area (Å²) >= 11 is 5.56. The molecule has 2 aromatic rings. The van der Waals surface area contributed by atoms with Crippen LogP contribution in [-0.2, 0) is 5.88 Å². The highest BCUT2D eigenvalue weighted by atomic mass is 35.5. The van der Waals surface area contributed by atoms with Gasteiger partial charge in [-0.1, -0.05) is 5.16 Å². The van der Waals surface area contributed by atoms with Gasteiger partial charge in [-0.2, -0.15) is 0 Å². The third kappa shape index (κ3) is 3.16. The minimum absolute atomic E-state index is 0.207. The van der Waals surface area contributed by atoms with Crippen LogP contribution in [-0.4, -0.2) is 11.5 Å². The van der Waals surface area contributed by atoms with E-state index < -0.39 is 6.36 Å². The highest BCUT2D eigenvalue weighted by Crippen LogP contribution is 2.27. The van der Waals surface area contributed by atoms with Gasteiger partial charge in [0.1, 0.15) is 5.75 Å². The van der Waals surface area contributed by atoms with Gasteiger partial charge in [-0.3, -0.25) is 0 Å². The quantitative estimate of drug-likeness (QED) is 0.796. The Morgan fingerprint density at radius 1 is 1.22 bits per heavy atom. The molecule has 96 valence electrons. The highest BCUT2D eigenvalue weighted by Gasteiger charge is 2.30. The fourth-order valence-corrected chi connectivity index (χ4v) is 1.46. The van der Waals surface area contributed by atoms with E-state index in [9.17, 15) is 13.2 Å². The first-order valence-corrected chi connectivity index (χ1v) is 5.39. The van der Waals surface area contributed by atoms with Gasteiger partial charge in [0.15, 0.2) is 5.76 Å². The molecular weight excluding hydrogens is 271 g/mol. The number of nitrogens with zero attached hydrogens (tertiary/aromatic N) is 1. The summed E-state index contributed by atoms with van der Waals surface area (Å²) < 4.78 is 44.6. The molecule has 0 unspecified atom stereocenters. The molecule has 1 aromatic carbocycles. The average molecular weight is 278 g/mol. The van der Waals surface area contributed by atoms with Gasteiger partial charge in [-0.25, -0.2) is 0 Å². The van der Waals surface area contributed by atoms with E-state index in [2.05, 4.69) is 9.89 Å². The van der Waals surface area contributed by atoms with Crippen LogP contribution in [0.4, 0.5) is 13.2 Å². The van der Waals surface area contributed by atoms with Gasteiger partial charge in [-0.05, 0) is 24.3 Å². The molecule has 7 heteroatoms. The van der Waals surface area contributed by atoms with E-state index in [0.717, 1.165) is 0 Å². The third-order valence-corrected chi connectivity index (χ3v) is 2.34. The molecule has 0 aliphatic carbocycles. The SMILES string of the molecule is FC(F)(F)Oc1ccc(-c2cc(CCl)no2)cc1. The van der Waals surface area contributed by atoms with Crippen LogP contribution >= 0.6 is 11.6 Å². The normalized spacial score (nSPS) is 11.6. The largest absolute Gasteiger partial charge is 0.573 e. The Balaban J connectivity index is 2.17. The Labute approximate surface area is 105 Å². The standard InChI is InChI=1S/C11H7ClF3NO2/c12-6-8-5-10(18-16-8)7-1-3-9(4-2-7)17-11(13,14)15/h1-5H,6H2. The third-order valence-electron chi connectivity index (χ3n) is 2.07. The lowest BCUT2D eigenvalue weighted by atomic mass is 10.1. The van der Waals surface area contributed by atoms with Crippen molar-refractivity contribution in [3.8, 4) is 17.1 Å². The first kappa shape index (κ1) is 12.8. The second-order valence-corrected chi connectivity index (χ2v) is 3.66. The van der Waals surface area contributed by atoms with E-state index in [1.165, 1.54) is 24.3 Å². The first-order chi connectivity index (χ1) is 8.48. The van der Waals surface area contributed by atoms with Crippen LogP contribution in [0.1, 0.15) is 5.69 Å². The van der Waals surface area contributed by atoms with Crippen molar-refractivity contribution in [2.75, 3.05) is 0 Å². The van der Waals surface area contributed by atoms with Crippen LogP contribution in [0.3, 0.4) is 0 Å². The summed E-state index contributed by atoms with van der Waals surface area (Å²) in [5.41, 5.74) is 1.15. The van der Waals surface area contributed by atoms with Crippen molar-refractivity contribution in [1.82, 2.24) is 5.16 Å². The summed E-state index contributed by atoms with van der Waals surface area (Å²) in [5, 5.41) is 3.67. The molecule has 0 saturated carbocycles. The van der Waals surface area contributed by atoms with Gasteiger partial charge < -0.3 is 9.26 Å². The molecule has 0 saturated heterocycles. The number of rotatable bonds is 3. The molecule has 18 heavy (non-hydrogen) atoms. The van der Waals surface area contributed by atoms with E-state index in [0.29, 0.717) is 17.0 Å².